The van der Waals surface area contributed by atoms with Crippen molar-refractivity contribution in [2.45, 2.75) is 12.6 Å². The molecule has 0 unspecified atom stereocenters. The van der Waals surface area contributed by atoms with Gasteiger partial charge >= 0.3 is 12.1 Å². The van der Waals surface area contributed by atoms with Gasteiger partial charge in [-0.1, -0.05) is 6.07 Å². The van der Waals surface area contributed by atoms with Crippen LogP contribution >= 0.6 is 0 Å². The van der Waals surface area contributed by atoms with Crippen molar-refractivity contribution in [1.29, 1.82) is 5.26 Å². The molecule has 0 aliphatic heterocycles. The third-order valence-corrected chi connectivity index (χ3v) is 2.56. The van der Waals surface area contributed by atoms with E-state index in [4.69, 9.17) is 10.4 Å². The zero-order valence-corrected chi connectivity index (χ0v) is 11.6. The molecule has 0 aliphatic rings. The number of carbonyl (C=O) groups excluding carboxylic acids is 1. The Morgan fingerprint density at radius 1 is 1.35 bits per heavy atom. The van der Waals surface area contributed by atoms with E-state index in [0.29, 0.717) is 0 Å². The Morgan fingerprint density at radius 3 is 2.61 bits per heavy atom. The van der Waals surface area contributed by atoms with E-state index in [-0.39, 0.29) is 18.7 Å². The van der Waals surface area contributed by atoms with Gasteiger partial charge in [0.15, 0.2) is 0 Å². The lowest BCUT2D eigenvalue weighted by molar-refractivity contribution is -0.138. The van der Waals surface area contributed by atoms with E-state index in [1.807, 2.05) is 0 Å². The Balaban J connectivity index is 2.75. The molecule has 1 aromatic rings. The highest BCUT2D eigenvalue weighted by Crippen LogP contribution is 2.30. The van der Waals surface area contributed by atoms with Gasteiger partial charge < -0.3 is 15.7 Å². The van der Waals surface area contributed by atoms with Gasteiger partial charge in [-0.05, 0) is 18.2 Å². The number of hydrogen-bond donors (Lipinski definition) is 3. The highest BCUT2D eigenvalue weighted by molar-refractivity contribution is 5.97. The molecular weight excluding hydrogens is 315 g/mol. The largest absolute Gasteiger partial charge is 0.481 e. The number of rotatable bonds is 6. The maximum atomic E-state index is 12.6. The number of nitrogens with one attached hydrogen (secondary N) is 2. The Bertz CT molecular complexity index is 663. The second-order valence-corrected chi connectivity index (χ2v) is 4.29. The topological polar surface area (TPSA) is 102 Å². The molecule has 0 saturated heterocycles. The molecule has 9 heteroatoms. The summed E-state index contributed by atoms with van der Waals surface area (Å²) in [5, 5.41) is 21.9. The molecule has 3 N–H and O–H groups in total. The molecule has 1 aromatic carbocycles. The van der Waals surface area contributed by atoms with Crippen molar-refractivity contribution in [3.8, 4) is 6.07 Å². The molecule has 0 fully saturated rings. The van der Waals surface area contributed by atoms with Crippen molar-refractivity contribution < 1.29 is 27.9 Å². The summed E-state index contributed by atoms with van der Waals surface area (Å²) in [5.74, 6) is -1.94. The van der Waals surface area contributed by atoms with E-state index in [1.54, 1.807) is 6.07 Å². The summed E-state index contributed by atoms with van der Waals surface area (Å²) in [5.41, 5.74) is -1.22. The van der Waals surface area contributed by atoms with Gasteiger partial charge in [0, 0.05) is 18.4 Å². The molecule has 0 atom stereocenters. The molecule has 23 heavy (non-hydrogen) atoms. The summed E-state index contributed by atoms with van der Waals surface area (Å²) >= 11 is 0. The van der Waals surface area contributed by atoms with Crippen molar-refractivity contribution in [3.63, 3.8) is 0 Å². The predicted molar refractivity (Wildman–Crippen MR) is 74.0 cm³/mol. The van der Waals surface area contributed by atoms with E-state index in [0.717, 1.165) is 18.3 Å². The van der Waals surface area contributed by atoms with Crippen molar-refractivity contribution in [2.24, 2.45) is 0 Å². The first-order chi connectivity index (χ1) is 10.7. The fourth-order valence-electron chi connectivity index (χ4n) is 1.47. The molecule has 6 nitrogen and oxygen atoms in total. The minimum absolute atomic E-state index is 0.0471. The lowest BCUT2D eigenvalue weighted by Gasteiger charge is -2.09. The number of anilines is 1. The van der Waals surface area contributed by atoms with Crippen LogP contribution in [0.3, 0.4) is 0 Å². The Labute approximate surface area is 129 Å². The average molecular weight is 327 g/mol. The Hall–Kier alpha value is -3.02. The lowest BCUT2D eigenvalue weighted by atomic mass is 10.2. The smallest absolute Gasteiger partial charge is 0.416 e. The van der Waals surface area contributed by atoms with Gasteiger partial charge in [-0.15, -0.1) is 0 Å². The van der Waals surface area contributed by atoms with E-state index in [1.165, 1.54) is 12.1 Å². The molecule has 1 rings (SSSR count). The third kappa shape index (κ3) is 6.09. The molecule has 0 spiro atoms. The van der Waals surface area contributed by atoms with Crippen LogP contribution in [0.2, 0.25) is 0 Å². The number of nitrogens with zero attached hydrogens (tertiary/aromatic N) is 1. The monoisotopic (exact) mass is 327 g/mol. The van der Waals surface area contributed by atoms with Crippen molar-refractivity contribution >= 4 is 17.6 Å². The SMILES string of the molecule is N#C/C(=C/Nc1cccc(C(F)(F)F)c1)C(=O)NCCC(=O)O. The average Bonchev–Trinajstić information content (AvgIpc) is 2.47. The van der Waals surface area contributed by atoms with Gasteiger partial charge in [-0.2, -0.15) is 18.4 Å². The molecular formula is C14H12F3N3O3. The normalized spacial score (nSPS) is 11.5. The van der Waals surface area contributed by atoms with Crippen LogP contribution in [0.25, 0.3) is 0 Å². The summed E-state index contributed by atoms with van der Waals surface area (Å²) in [6, 6.07) is 5.80. The summed E-state index contributed by atoms with van der Waals surface area (Å²) in [6.07, 6.45) is -3.87. The molecule has 0 heterocycles. The Kier molecular flexibility index (Phi) is 6.14. The summed E-state index contributed by atoms with van der Waals surface area (Å²) < 4.78 is 37.7. The van der Waals surface area contributed by atoms with Crippen LogP contribution in [0.4, 0.5) is 18.9 Å². The zero-order chi connectivity index (χ0) is 17.5. The number of carbonyl (C=O) groups is 2. The molecule has 0 bridgehead atoms. The quantitative estimate of drug-likeness (QED) is 0.549. The third-order valence-electron chi connectivity index (χ3n) is 2.56. The lowest BCUT2D eigenvalue weighted by Crippen LogP contribution is -2.27. The summed E-state index contributed by atoms with van der Waals surface area (Å²) in [7, 11) is 0. The second-order valence-electron chi connectivity index (χ2n) is 4.29. The van der Waals surface area contributed by atoms with Crippen LogP contribution in [0.5, 0.6) is 0 Å². The molecule has 122 valence electrons. The standard InChI is InChI=1S/C14H12F3N3O3/c15-14(16,17)10-2-1-3-11(6-10)20-8-9(7-18)13(23)19-5-4-12(21)22/h1-3,6,8,20H,4-5H2,(H,19,23)(H,21,22)/b9-8-. The van der Waals surface area contributed by atoms with Crippen LogP contribution in [0.15, 0.2) is 36.0 Å². The fraction of sp³-hybridized carbons (Fsp3) is 0.214. The first kappa shape index (κ1) is 18.0. The molecule has 0 aliphatic carbocycles. The number of aliphatic carboxylic acids is 1. The number of amides is 1. The number of carboxylic acid groups (broad SMARTS) is 1. The highest BCUT2D eigenvalue weighted by atomic mass is 19.4. The van der Waals surface area contributed by atoms with Crippen LogP contribution < -0.4 is 10.6 Å². The maximum Gasteiger partial charge on any atom is 0.416 e. The summed E-state index contributed by atoms with van der Waals surface area (Å²) in [4.78, 5) is 21.9. The van der Waals surface area contributed by atoms with Gasteiger partial charge in [-0.25, -0.2) is 0 Å². The number of alkyl halides is 3. The van der Waals surface area contributed by atoms with E-state index in [9.17, 15) is 22.8 Å². The van der Waals surface area contributed by atoms with Crippen molar-refractivity contribution in [2.75, 3.05) is 11.9 Å². The molecule has 1 amide bonds. The molecule has 0 saturated carbocycles. The number of carboxylic acids is 1. The van der Waals surface area contributed by atoms with Gasteiger partial charge in [0.25, 0.3) is 5.91 Å². The highest BCUT2D eigenvalue weighted by Gasteiger charge is 2.30. The number of nitriles is 1. The Morgan fingerprint density at radius 2 is 2.04 bits per heavy atom. The number of hydrogen-bond acceptors (Lipinski definition) is 4. The fourth-order valence-corrected chi connectivity index (χ4v) is 1.47. The molecule has 0 aromatic heterocycles. The number of benzene rings is 1. The van der Waals surface area contributed by atoms with Crippen LogP contribution in [-0.2, 0) is 15.8 Å². The van der Waals surface area contributed by atoms with Gasteiger partial charge in [0.2, 0.25) is 0 Å². The number of halogens is 3. The first-order valence-corrected chi connectivity index (χ1v) is 6.28. The van der Waals surface area contributed by atoms with Crippen molar-refractivity contribution in [3.05, 3.63) is 41.6 Å². The van der Waals surface area contributed by atoms with Gasteiger partial charge in [0.1, 0.15) is 11.6 Å². The minimum atomic E-state index is -4.51. The van der Waals surface area contributed by atoms with E-state index >= 15 is 0 Å². The van der Waals surface area contributed by atoms with E-state index in [2.05, 4.69) is 10.6 Å². The maximum absolute atomic E-state index is 12.6. The predicted octanol–water partition coefficient (Wildman–Crippen LogP) is 2.12. The summed E-state index contributed by atoms with van der Waals surface area (Å²) in [6.45, 7) is -0.170. The minimum Gasteiger partial charge on any atom is -0.481 e. The van der Waals surface area contributed by atoms with Crippen LogP contribution in [0, 0.1) is 11.3 Å². The first-order valence-electron chi connectivity index (χ1n) is 6.28. The second kappa shape index (κ2) is 7.84. The molecule has 0 radical (unpaired) electrons. The van der Waals surface area contributed by atoms with Crippen LogP contribution in [0.1, 0.15) is 12.0 Å². The van der Waals surface area contributed by atoms with Crippen LogP contribution in [-0.4, -0.2) is 23.5 Å². The van der Waals surface area contributed by atoms with E-state index < -0.39 is 29.2 Å². The zero-order valence-electron chi connectivity index (χ0n) is 11.6. The van der Waals surface area contributed by atoms with Gasteiger partial charge in [0.05, 0.1) is 12.0 Å². The van der Waals surface area contributed by atoms with Crippen molar-refractivity contribution in [1.82, 2.24) is 5.32 Å². The van der Waals surface area contributed by atoms with Gasteiger partial charge in [-0.3, -0.25) is 9.59 Å².